The Morgan fingerprint density at radius 1 is 0.388 bits per heavy atom. The Balaban J connectivity index is 3.69. The molecular formula is C42H82O7. The molecule has 0 aliphatic rings. The van der Waals surface area contributed by atoms with E-state index in [9.17, 15) is 19.8 Å². The number of unbranched alkanes of at least 4 members (excludes halogenated alkanes) is 28. The predicted octanol–water partition coefficient (Wildman–Crippen LogP) is 11.3. The minimum absolute atomic E-state index is 0.0857. The molecule has 49 heavy (non-hydrogen) atoms. The van der Waals surface area contributed by atoms with Crippen LogP contribution < -0.4 is 0 Å². The molecule has 2 N–H and O–H groups in total. The van der Waals surface area contributed by atoms with Gasteiger partial charge in [0.15, 0.2) is 0 Å². The van der Waals surface area contributed by atoms with Gasteiger partial charge in [0.2, 0.25) is 0 Å². The molecule has 0 radical (unpaired) electrons. The van der Waals surface area contributed by atoms with Crippen LogP contribution in [0.1, 0.15) is 219 Å². The third-order valence-corrected chi connectivity index (χ3v) is 9.62. The molecule has 7 heteroatoms. The molecule has 0 saturated heterocycles. The number of ether oxygens (including phenoxy) is 3. The zero-order valence-corrected chi connectivity index (χ0v) is 32.5. The molecule has 0 spiro atoms. The van der Waals surface area contributed by atoms with Crippen molar-refractivity contribution in [1.82, 2.24) is 0 Å². The third kappa shape index (κ3) is 36.4. The highest BCUT2D eigenvalue weighted by Crippen LogP contribution is 2.16. The number of carbonyl (C=O) groups is 2. The van der Waals surface area contributed by atoms with E-state index in [0.717, 1.165) is 38.5 Å². The lowest BCUT2D eigenvalue weighted by molar-refractivity contribution is -0.160. The van der Waals surface area contributed by atoms with E-state index in [1.807, 2.05) is 0 Å². The Bertz CT molecular complexity index is 630. The molecular weight excluding hydrogens is 616 g/mol. The fraction of sp³-hybridized carbons (Fsp3) is 0.952. The summed E-state index contributed by atoms with van der Waals surface area (Å²) in [6.45, 7) is 3.66. The molecule has 2 unspecified atom stereocenters. The van der Waals surface area contributed by atoms with E-state index in [0.29, 0.717) is 12.8 Å². The van der Waals surface area contributed by atoms with Crippen molar-refractivity contribution in [1.29, 1.82) is 0 Å². The zero-order valence-electron chi connectivity index (χ0n) is 32.5. The van der Waals surface area contributed by atoms with E-state index in [1.54, 1.807) is 0 Å². The van der Waals surface area contributed by atoms with Gasteiger partial charge >= 0.3 is 11.9 Å². The molecule has 0 heterocycles. The fourth-order valence-corrected chi connectivity index (χ4v) is 6.34. The van der Waals surface area contributed by atoms with Crippen LogP contribution in [0.2, 0.25) is 0 Å². The van der Waals surface area contributed by atoms with Crippen molar-refractivity contribution in [3.05, 3.63) is 0 Å². The standard InChI is InChI=1S/C42H82O7/c1-3-5-7-9-11-13-15-17-19-21-23-25-27-29-31-33-41(45)47-37-39(35-43)49-40(36-44)38-48-42(46)34-32-30-28-26-24-22-20-18-16-14-12-10-8-6-4-2/h39-40,43-44H,3-38H2,1-2H3. The predicted molar refractivity (Wildman–Crippen MR) is 204 cm³/mol. The smallest absolute Gasteiger partial charge is 0.305 e. The van der Waals surface area contributed by atoms with Gasteiger partial charge in [-0.05, 0) is 12.8 Å². The van der Waals surface area contributed by atoms with Crippen LogP contribution in [0, 0.1) is 0 Å². The second kappa shape index (κ2) is 39.6. The zero-order chi connectivity index (χ0) is 35.9. The van der Waals surface area contributed by atoms with Crippen LogP contribution in [-0.2, 0) is 23.8 Å². The summed E-state index contributed by atoms with van der Waals surface area (Å²) in [7, 11) is 0. The van der Waals surface area contributed by atoms with Crippen molar-refractivity contribution in [2.45, 2.75) is 232 Å². The van der Waals surface area contributed by atoms with E-state index in [-0.39, 0.29) is 38.4 Å². The van der Waals surface area contributed by atoms with Crippen molar-refractivity contribution in [3.8, 4) is 0 Å². The van der Waals surface area contributed by atoms with Gasteiger partial charge in [-0.3, -0.25) is 9.59 Å². The van der Waals surface area contributed by atoms with Gasteiger partial charge in [-0.1, -0.05) is 194 Å². The van der Waals surface area contributed by atoms with Crippen LogP contribution in [0.25, 0.3) is 0 Å². The summed E-state index contributed by atoms with van der Waals surface area (Å²) >= 11 is 0. The summed E-state index contributed by atoms with van der Waals surface area (Å²) in [4.78, 5) is 24.3. The molecule has 0 rings (SSSR count). The lowest BCUT2D eigenvalue weighted by atomic mass is 10.0. The van der Waals surface area contributed by atoms with Crippen LogP contribution in [0.4, 0.5) is 0 Å². The summed E-state index contributed by atoms with van der Waals surface area (Å²) in [5.74, 6) is -0.598. The van der Waals surface area contributed by atoms with Crippen molar-refractivity contribution < 1.29 is 34.0 Å². The summed E-state index contributed by atoms with van der Waals surface area (Å²) in [6.07, 6.45) is 37.5. The lowest BCUT2D eigenvalue weighted by Crippen LogP contribution is -2.35. The Kier molecular flexibility index (Phi) is 38.6. The van der Waals surface area contributed by atoms with Crippen LogP contribution in [0.5, 0.6) is 0 Å². The molecule has 7 nitrogen and oxygen atoms in total. The average molecular weight is 699 g/mol. The van der Waals surface area contributed by atoms with E-state index in [1.165, 1.54) is 154 Å². The molecule has 2 atom stereocenters. The second-order valence-electron chi connectivity index (χ2n) is 14.5. The first-order valence-electron chi connectivity index (χ1n) is 21.3. The third-order valence-electron chi connectivity index (χ3n) is 9.62. The minimum Gasteiger partial charge on any atom is -0.463 e. The first-order valence-corrected chi connectivity index (χ1v) is 21.3. The summed E-state index contributed by atoms with van der Waals surface area (Å²) in [5.41, 5.74) is 0. The van der Waals surface area contributed by atoms with Crippen LogP contribution in [0.15, 0.2) is 0 Å². The van der Waals surface area contributed by atoms with Crippen molar-refractivity contribution in [2.75, 3.05) is 26.4 Å². The number of aliphatic hydroxyl groups is 2. The largest absolute Gasteiger partial charge is 0.463 e. The normalized spacial score (nSPS) is 12.7. The highest BCUT2D eigenvalue weighted by atomic mass is 16.6. The van der Waals surface area contributed by atoms with Crippen LogP contribution >= 0.6 is 0 Å². The van der Waals surface area contributed by atoms with Crippen LogP contribution in [0.3, 0.4) is 0 Å². The molecule has 0 fully saturated rings. The van der Waals surface area contributed by atoms with Crippen molar-refractivity contribution in [3.63, 3.8) is 0 Å². The Hall–Kier alpha value is -1.18. The number of hydrogen-bond acceptors (Lipinski definition) is 7. The topological polar surface area (TPSA) is 102 Å². The van der Waals surface area contributed by atoms with E-state index in [4.69, 9.17) is 14.2 Å². The number of carbonyl (C=O) groups excluding carboxylic acids is 2. The first kappa shape index (κ1) is 47.8. The summed E-state index contributed by atoms with van der Waals surface area (Å²) in [5, 5.41) is 19.3. The molecule has 292 valence electrons. The summed E-state index contributed by atoms with van der Waals surface area (Å²) < 4.78 is 16.3. The molecule has 0 aromatic rings. The number of esters is 2. The number of hydrogen-bond donors (Lipinski definition) is 2. The number of rotatable bonds is 40. The molecule has 0 aliphatic heterocycles. The average Bonchev–Trinajstić information content (AvgIpc) is 3.11. The maximum absolute atomic E-state index is 12.2. The van der Waals surface area contributed by atoms with E-state index < -0.39 is 12.2 Å². The van der Waals surface area contributed by atoms with Gasteiger partial charge in [-0.2, -0.15) is 0 Å². The van der Waals surface area contributed by atoms with Gasteiger partial charge in [-0.25, -0.2) is 0 Å². The Morgan fingerprint density at radius 2 is 0.612 bits per heavy atom. The number of aliphatic hydroxyl groups excluding tert-OH is 2. The van der Waals surface area contributed by atoms with Gasteiger partial charge in [0, 0.05) is 12.8 Å². The molecule has 0 amide bonds. The highest BCUT2D eigenvalue weighted by Gasteiger charge is 2.19. The van der Waals surface area contributed by atoms with E-state index >= 15 is 0 Å². The Morgan fingerprint density at radius 3 is 0.837 bits per heavy atom. The molecule has 0 saturated carbocycles. The van der Waals surface area contributed by atoms with Gasteiger partial charge < -0.3 is 24.4 Å². The van der Waals surface area contributed by atoms with Gasteiger partial charge in [0.05, 0.1) is 13.2 Å². The maximum atomic E-state index is 12.2. The maximum Gasteiger partial charge on any atom is 0.305 e. The summed E-state index contributed by atoms with van der Waals surface area (Å²) in [6, 6.07) is 0. The van der Waals surface area contributed by atoms with Gasteiger partial charge in [-0.15, -0.1) is 0 Å². The highest BCUT2D eigenvalue weighted by molar-refractivity contribution is 5.69. The monoisotopic (exact) mass is 699 g/mol. The minimum atomic E-state index is -0.767. The first-order chi connectivity index (χ1) is 24.1. The molecule has 0 bridgehead atoms. The lowest BCUT2D eigenvalue weighted by Gasteiger charge is -2.22. The SMILES string of the molecule is CCCCCCCCCCCCCCCCCC(=O)OCC(CO)OC(CO)COC(=O)CCCCCCCCCCCCCCCCC. The van der Waals surface area contributed by atoms with Crippen LogP contribution in [-0.4, -0.2) is 60.8 Å². The molecule has 0 aromatic heterocycles. The van der Waals surface area contributed by atoms with Gasteiger partial charge in [0.25, 0.3) is 0 Å². The fourth-order valence-electron chi connectivity index (χ4n) is 6.34. The molecule has 0 aromatic carbocycles. The molecule has 0 aliphatic carbocycles. The van der Waals surface area contributed by atoms with Crippen molar-refractivity contribution in [2.24, 2.45) is 0 Å². The quantitative estimate of drug-likeness (QED) is 0.0485. The second-order valence-corrected chi connectivity index (χ2v) is 14.5. The van der Waals surface area contributed by atoms with Gasteiger partial charge in [0.1, 0.15) is 25.4 Å². The Labute approximate surface area is 303 Å². The van der Waals surface area contributed by atoms with E-state index in [2.05, 4.69) is 13.8 Å². The van der Waals surface area contributed by atoms with Crippen molar-refractivity contribution >= 4 is 11.9 Å².